The summed E-state index contributed by atoms with van der Waals surface area (Å²) in [6.45, 7) is 3.64. The van der Waals surface area contributed by atoms with Gasteiger partial charge in [-0.25, -0.2) is 14.2 Å². The smallest absolute Gasteiger partial charge is 0.326 e. The number of anilines is 3. The van der Waals surface area contributed by atoms with Crippen LogP contribution < -0.4 is 16.0 Å². The number of urea groups is 1. The van der Waals surface area contributed by atoms with Gasteiger partial charge in [-0.3, -0.25) is 10.1 Å². The number of ether oxygens (including phenoxy) is 1. The molecule has 0 atom stereocenters. The van der Waals surface area contributed by atoms with E-state index in [2.05, 4.69) is 20.9 Å². The molecule has 0 bridgehead atoms. The third-order valence-corrected chi connectivity index (χ3v) is 5.48. The third-order valence-electron chi connectivity index (χ3n) is 5.48. The number of rotatable bonds is 9. The molecule has 4 aromatic rings. The van der Waals surface area contributed by atoms with Gasteiger partial charge in [0.2, 0.25) is 5.95 Å². The molecule has 10 heteroatoms. The first-order valence-corrected chi connectivity index (χ1v) is 11.7. The minimum absolute atomic E-state index is 0.324. The van der Waals surface area contributed by atoms with E-state index in [4.69, 9.17) is 10.00 Å². The fraction of sp³-hybridized carbons (Fsp3) is 0.185. The van der Waals surface area contributed by atoms with E-state index in [0.717, 1.165) is 5.52 Å². The molecule has 37 heavy (non-hydrogen) atoms. The molecule has 0 unspecified atom stereocenters. The maximum Gasteiger partial charge on any atom is 0.326 e. The zero-order valence-electron chi connectivity index (χ0n) is 20.1. The quantitative estimate of drug-likeness (QED) is 0.267. The van der Waals surface area contributed by atoms with Crippen molar-refractivity contribution in [1.29, 1.82) is 5.26 Å². The van der Waals surface area contributed by atoms with Crippen LogP contribution in [0.2, 0.25) is 0 Å². The Balaban J connectivity index is 1.54. The fourth-order valence-electron chi connectivity index (χ4n) is 3.69. The summed E-state index contributed by atoms with van der Waals surface area (Å²) >= 11 is 0. The number of carbonyl (C=O) groups excluding carboxylic acids is 2. The van der Waals surface area contributed by atoms with Gasteiger partial charge in [-0.1, -0.05) is 0 Å². The van der Waals surface area contributed by atoms with Gasteiger partial charge < -0.3 is 19.9 Å². The molecule has 4 rings (SSSR count). The maximum atomic E-state index is 13.2. The van der Waals surface area contributed by atoms with E-state index in [9.17, 15) is 14.0 Å². The number of imidazole rings is 1. The van der Waals surface area contributed by atoms with Crippen LogP contribution in [-0.4, -0.2) is 34.7 Å². The summed E-state index contributed by atoms with van der Waals surface area (Å²) in [5.41, 5.74) is 3.19. The highest BCUT2D eigenvalue weighted by molar-refractivity contribution is 6.05. The number of fused-ring (bicyclic) bond motifs is 1. The molecule has 0 radical (unpaired) electrons. The highest BCUT2D eigenvalue weighted by atomic mass is 19.1. The van der Waals surface area contributed by atoms with E-state index in [1.807, 2.05) is 23.6 Å². The average molecular weight is 501 g/mol. The number of nitrogens with one attached hydrogen (secondary N) is 3. The molecule has 9 nitrogen and oxygen atoms in total. The van der Waals surface area contributed by atoms with Gasteiger partial charge in [0, 0.05) is 36.7 Å². The Bertz CT molecular complexity index is 1440. The van der Waals surface area contributed by atoms with Crippen LogP contribution in [0.25, 0.3) is 11.0 Å². The summed E-state index contributed by atoms with van der Waals surface area (Å²) in [4.78, 5) is 29.8. The third kappa shape index (κ3) is 6.48. The van der Waals surface area contributed by atoms with Gasteiger partial charge in [-0.05, 0) is 80.1 Å². The number of amides is 3. The summed E-state index contributed by atoms with van der Waals surface area (Å²) in [6.07, 6.45) is 0.703. The molecular weight excluding hydrogens is 475 g/mol. The van der Waals surface area contributed by atoms with Gasteiger partial charge >= 0.3 is 6.03 Å². The predicted octanol–water partition coefficient (Wildman–Crippen LogP) is 5.37. The first-order chi connectivity index (χ1) is 18.0. The number of nitriles is 1. The molecule has 188 valence electrons. The molecule has 0 aliphatic rings. The number of benzene rings is 3. The lowest BCUT2D eigenvalue weighted by Crippen LogP contribution is -2.22. The summed E-state index contributed by atoms with van der Waals surface area (Å²) in [6, 6.07) is 18.6. The molecule has 0 aliphatic heterocycles. The van der Waals surface area contributed by atoms with Crippen molar-refractivity contribution in [2.75, 3.05) is 29.2 Å². The number of nitrogens with zero attached hydrogens (tertiary/aromatic N) is 3. The second-order valence-corrected chi connectivity index (χ2v) is 8.07. The van der Waals surface area contributed by atoms with E-state index < -0.39 is 11.8 Å². The minimum atomic E-state index is -0.490. The van der Waals surface area contributed by atoms with E-state index in [1.165, 1.54) is 24.3 Å². The number of halogens is 1. The largest absolute Gasteiger partial charge is 0.382 e. The van der Waals surface area contributed by atoms with Crippen LogP contribution in [-0.2, 0) is 11.3 Å². The Morgan fingerprint density at radius 2 is 1.73 bits per heavy atom. The van der Waals surface area contributed by atoms with Crippen molar-refractivity contribution >= 4 is 40.3 Å². The predicted molar refractivity (Wildman–Crippen MR) is 139 cm³/mol. The molecule has 3 amide bonds. The first-order valence-electron chi connectivity index (χ1n) is 11.7. The summed E-state index contributed by atoms with van der Waals surface area (Å²) in [5, 5.41) is 17.2. The van der Waals surface area contributed by atoms with Gasteiger partial charge in [-0.2, -0.15) is 5.26 Å². The van der Waals surface area contributed by atoms with Gasteiger partial charge in [0.1, 0.15) is 5.82 Å². The van der Waals surface area contributed by atoms with Crippen molar-refractivity contribution in [3.63, 3.8) is 0 Å². The Labute approximate surface area is 212 Å². The lowest BCUT2D eigenvalue weighted by Gasteiger charge is -2.11. The Morgan fingerprint density at radius 1 is 1.00 bits per heavy atom. The number of aromatic nitrogens is 2. The van der Waals surface area contributed by atoms with Crippen molar-refractivity contribution < 1.29 is 18.7 Å². The Kier molecular flexibility index (Phi) is 8.08. The molecule has 1 heterocycles. The summed E-state index contributed by atoms with van der Waals surface area (Å²) in [7, 11) is 0. The normalized spacial score (nSPS) is 10.6. The average Bonchev–Trinajstić information content (AvgIpc) is 3.23. The molecule has 0 aliphatic carbocycles. The van der Waals surface area contributed by atoms with Crippen molar-refractivity contribution in [3.8, 4) is 6.07 Å². The highest BCUT2D eigenvalue weighted by Crippen LogP contribution is 2.24. The zero-order chi connectivity index (χ0) is 26.2. The van der Waals surface area contributed by atoms with Crippen LogP contribution in [0, 0.1) is 17.1 Å². The standard InChI is InChI=1S/C27H25FN6O3/c1-2-37-15-3-14-34-24-13-12-22(30-25(35)19-6-8-20(28)9-7-19)16-23(24)32-26(34)33-27(36)31-21-10-4-18(17-29)5-11-21/h4-13,16H,2-3,14-15H2,1H3,(H,30,35)(H2,31,32,33,36). The summed E-state index contributed by atoms with van der Waals surface area (Å²) < 4.78 is 20.5. The van der Waals surface area contributed by atoms with Crippen LogP contribution in [0.3, 0.4) is 0 Å². The number of hydrogen-bond acceptors (Lipinski definition) is 5. The molecule has 3 aromatic carbocycles. The SMILES string of the molecule is CCOCCCn1c(NC(=O)Nc2ccc(C#N)cc2)nc2cc(NC(=O)c3ccc(F)cc3)ccc21. The lowest BCUT2D eigenvalue weighted by atomic mass is 10.2. The second kappa shape index (κ2) is 11.8. The van der Waals surface area contributed by atoms with E-state index >= 15 is 0 Å². The van der Waals surface area contributed by atoms with Crippen molar-refractivity contribution in [2.45, 2.75) is 19.9 Å². The van der Waals surface area contributed by atoms with Crippen LogP contribution in [0.5, 0.6) is 0 Å². The van der Waals surface area contributed by atoms with Crippen LogP contribution in [0.1, 0.15) is 29.3 Å². The molecule has 0 spiro atoms. The summed E-state index contributed by atoms with van der Waals surface area (Å²) in [5.74, 6) is -0.466. The number of carbonyl (C=O) groups is 2. The molecular formula is C27H25FN6O3. The van der Waals surface area contributed by atoms with Crippen molar-refractivity contribution in [3.05, 3.63) is 83.7 Å². The second-order valence-electron chi connectivity index (χ2n) is 8.07. The maximum absolute atomic E-state index is 13.2. The number of hydrogen-bond donors (Lipinski definition) is 3. The van der Waals surface area contributed by atoms with Gasteiger partial charge in [0.15, 0.2) is 0 Å². The van der Waals surface area contributed by atoms with Gasteiger partial charge in [-0.15, -0.1) is 0 Å². The highest BCUT2D eigenvalue weighted by Gasteiger charge is 2.15. The molecule has 0 saturated heterocycles. The van der Waals surface area contributed by atoms with Crippen LogP contribution >= 0.6 is 0 Å². The fourth-order valence-corrected chi connectivity index (χ4v) is 3.69. The van der Waals surface area contributed by atoms with Crippen LogP contribution in [0.15, 0.2) is 66.7 Å². The Morgan fingerprint density at radius 3 is 2.43 bits per heavy atom. The van der Waals surface area contributed by atoms with Crippen molar-refractivity contribution in [2.24, 2.45) is 0 Å². The van der Waals surface area contributed by atoms with E-state index in [-0.39, 0.29) is 5.91 Å². The first kappa shape index (κ1) is 25.3. The van der Waals surface area contributed by atoms with Crippen molar-refractivity contribution in [1.82, 2.24) is 9.55 Å². The lowest BCUT2D eigenvalue weighted by molar-refractivity contribution is 0.102. The Hall–Kier alpha value is -4.75. The van der Waals surface area contributed by atoms with Gasteiger partial charge in [0.05, 0.1) is 22.7 Å². The monoisotopic (exact) mass is 500 g/mol. The minimum Gasteiger partial charge on any atom is -0.382 e. The molecule has 3 N–H and O–H groups in total. The number of aryl methyl sites for hydroxylation is 1. The van der Waals surface area contributed by atoms with Crippen LogP contribution in [0.4, 0.5) is 26.5 Å². The molecule has 0 saturated carbocycles. The topological polar surface area (TPSA) is 121 Å². The van der Waals surface area contributed by atoms with Gasteiger partial charge in [0.25, 0.3) is 5.91 Å². The van der Waals surface area contributed by atoms with E-state index in [1.54, 1.807) is 36.4 Å². The molecule has 0 fully saturated rings. The van der Waals surface area contributed by atoms with E-state index in [0.29, 0.717) is 60.1 Å². The zero-order valence-corrected chi connectivity index (χ0v) is 20.1. The molecule has 1 aromatic heterocycles.